The molecule has 39 heavy (non-hydrogen) atoms. The second-order valence-electron chi connectivity index (χ2n) is 10.4. The van der Waals surface area contributed by atoms with Gasteiger partial charge < -0.3 is 0 Å². The van der Waals surface area contributed by atoms with E-state index in [4.69, 9.17) is 4.98 Å². The van der Waals surface area contributed by atoms with Crippen LogP contribution in [0.15, 0.2) is 127 Å². The van der Waals surface area contributed by atoms with Crippen LogP contribution in [-0.2, 0) is 0 Å². The van der Waals surface area contributed by atoms with Crippen molar-refractivity contribution in [3.8, 4) is 22.4 Å². The highest BCUT2D eigenvalue weighted by Crippen LogP contribution is 2.41. The standard InChI is InChI=1S/C37H21NS/c1-2-9-30-29(8-1)35(38-36-31-10-3-4-11-32(31)39-37(30)36)25-16-12-22(13-17-25)28-20-26-18-14-23-6-5-7-24-15-19-27(21-28)34(26)33(23)24/h1-21H. The number of hydrogen-bond donors (Lipinski definition) is 0. The van der Waals surface area contributed by atoms with E-state index in [9.17, 15) is 0 Å². The average Bonchev–Trinajstić information content (AvgIpc) is 3.38. The van der Waals surface area contributed by atoms with E-state index < -0.39 is 0 Å². The van der Waals surface area contributed by atoms with Crippen molar-refractivity contribution in [2.24, 2.45) is 0 Å². The summed E-state index contributed by atoms with van der Waals surface area (Å²) in [6.45, 7) is 0. The molecule has 0 aliphatic carbocycles. The lowest BCUT2D eigenvalue weighted by atomic mass is 9.91. The topological polar surface area (TPSA) is 12.9 Å². The molecule has 0 amide bonds. The van der Waals surface area contributed by atoms with Crippen LogP contribution in [-0.4, -0.2) is 4.98 Å². The molecule has 9 aromatic rings. The molecule has 0 saturated heterocycles. The predicted molar refractivity (Wildman–Crippen MR) is 169 cm³/mol. The molecule has 2 aromatic heterocycles. The first-order valence-corrected chi connectivity index (χ1v) is 14.1. The number of nitrogens with zero attached hydrogens (tertiary/aromatic N) is 1. The van der Waals surface area contributed by atoms with Crippen LogP contribution in [0, 0.1) is 0 Å². The lowest BCUT2D eigenvalue weighted by Crippen LogP contribution is -1.89. The first-order valence-electron chi connectivity index (χ1n) is 13.3. The molecule has 0 unspecified atom stereocenters. The van der Waals surface area contributed by atoms with Gasteiger partial charge in [-0.15, -0.1) is 11.3 Å². The highest BCUT2D eigenvalue weighted by molar-refractivity contribution is 7.26. The van der Waals surface area contributed by atoms with Gasteiger partial charge in [-0.05, 0) is 61.6 Å². The minimum atomic E-state index is 1.05. The second kappa shape index (κ2) is 7.86. The van der Waals surface area contributed by atoms with Crippen LogP contribution in [0.1, 0.15) is 0 Å². The molecule has 0 atom stereocenters. The van der Waals surface area contributed by atoms with Gasteiger partial charge in [0.25, 0.3) is 0 Å². The maximum atomic E-state index is 5.27. The molecule has 0 aliphatic rings. The fourth-order valence-corrected chi connectivity index (χ4v) is 7.53. The largest absolute Gasteiger partial charge is 0.246 e. The maximum absolute atomic E-state index is 5.27. The monoisotopic (exact) mass is 511 g/mol. The van der Waals surface area contributed by atoms with Gasteiger partial charge in [0.2, 0.25) is 0 Å². The van der Waals surface area contributed by atoms with Crippen LogP contribution in [0.3, 0.4) is 0 Å². The minimum Gasteiger partial charge on any atom is -0.246 e. The summed E-state index contributed by atoms with van der Waals surface area (Å²) in [4.78, 5) is 5.27. The molecular formula is C37H21NS. The molecule has 2 heterocycles. The zero-order valence-electron chi connectivity index (χ0n) is 21.0. The summed E-state index contributed by atoms with van der Waals surface area (Å²) < 4.78 is 2.55. The highest BCUT2D eigenvalue weighted by Gasteiger charge is 2.15. The van der Waals surface area contributed by atoms with Crippen molar-refractivity contribution in [2.75, 3.05) is 0 Å². The Bertz CT molecular complexity index is 2310. The third kappa shape index (κ3) is 3.04. The number of pyridine rings is 1. The van der Waals surface area contributed by atoms with Crippen LogP contribution in [0.4, 0.5) is 0 Å². The predicted octanol–water partition coefficient (Wildman–Crippen LogP) is 10.8. The summed E-state index contributed by atoms with van der Waals surface area (Å²) >= 11 is 1.84. The van der Waals surface area contributed by atoms with Gasteiger partial charge in [-0.1, -0.05) is 109 Å². The van der Waals surface area contributed by atoms with Crippen molar-refractivity contribution in [3.05, 3.63) is 127 Å². The Hall–Kier alpha value is -4.79. The Morgan fingerprint density at radius 3 is 1.77 bits per heavy atom. The van der Waals surface area contributed by atoms with Gasteiger partial charge in [-0.3, -0.25) is 0 Å². The van der Waals surface area contributed by atoms with Gasteiger partial charge in [0.05, 0.1) is 15.9 Å². The van der Waals surface area contributed by atoms with E-state index in [2.05, 4.69) is 127 Å². The number of aromatic nitrogens is 1. The van der Waals surface area contributed by atoms with Crippen LogP contribution < -0.4 is 0 Å². The summed E-state index contributed by atoms with van der Waals surface area (Å²) in [5.41, 5.74) is 5.74. The highest BCUT2D eigenvalue weighted by atomic mass is 32.1. The van der Waals surface area contributed by atoms with E-state index in [0.717, 1.165) is 16.8 Å². The lowest BCUT2D eigenvalue weighted by Gasteiger charge is -2.13. The molecule has 0 aliphatic heterocycles. The van der Waals surface area contributed by atoms with E-state index in [-0.39, 0.29) is 0 Å². The van der Waals surface area contributed by atoms with Crippen molar-refractivity contribution in [2.45, 2.75) is 0 Å². The maximum Gasteiger partial charge on any atom is 0.0902 e. The van der Waals surface area contributed by atoms with Crippen LogP contribution in [0.2, 0.25) is 0 Å². The summed E-state index contributed by atoms with van der Waals surface area (Å²) in [6.07, 6.45) is 0. The van der Waals surface area contributed by atoms with Crippen LogP contribution in [0.25, 0.3) is 85.8 Å². The summed E-state index contributed by atoms with van der Waals surface area (Å²) in [7, 11) is 0. The second-order valence-corrected chi connectivity index (χ2v) is 11.4. The summed E-state index contributed by atoms with van der Waals surface area (Å²) in [6, 6.07) is 46.5. The van der Waals surface area contributed by atoms with Gasteiger partial charge in [0.15, 0.2) is 0 Å². The van der Waals surface area contributed by atoms with Crippen molar-refractivity contribution in [1.29, 1.82) is 0 Å². The molecule has 0 saturated carbocycles. The first-order chi connectivity index (χ1) is 19.3. The van der Waals surface area contributed by atoms with Gasteiger partial charge in [0.1, 0.15) is 0 Å². The normalized spacial score (nSPS) is 12.1. The minimum absolute atomic E-state index is 1.05. The van der Waals surface area contributed by atoms with Gasteiger partial charge in [-0.2, -0.15) is 0 Å². The number of hydrogen-bond acceptors (Lipinski definition) is 2. The lowest BCUT2D eigenvalue weighted by molar-refractivity contribution is 1.45. The fourth-order valence-electron chi connectivity index (χ4n) is 6.35. The smallest absolute Gasteiger partial charge is 0.0902 e. The Morgan fingerprint density at radius 1 is 0.436 bits per heavy atom. The molecule has 0 fully saturated rings. The number of fused-ring (bicyclic) bond motifs is 5. The van der Waals surface area contributed by atoms with Gasteiger partial charge in [0, 0.05) is 26.4 Å². The SMILES string of the molecule is c1cc2ccc3cc(-c4ccc(-c5nc6c7ccccc7sc6c6ccccc56)cc4)cc4ccc(c1)c2c34. The Morgan fingerprint density at radius 2 is 1.03 bits per heavy atom. The molecule has 2 heteroatoms. The molecule has 0 bridgehead atoms. The molecule has 0 spiro atoms. The molecule has 9 rings (SSSR count). The van der Waals surface area contributed by atoms with Crippen molar-refractivity contribution in [1.82, 2.24) is 4.98 Å². The van der Waals surface area contributed by atoms with E-state index in [1.54, 1.807) is 0 Å². The van der Waals surface area contributed by atoms with Crippen molar-refractivity contribution < 1.29 is 0 Å². The third-order valence-electron chi connectivity index (χ3n) is 8.17. The van der Waals surface area contributed by atoms with E-state index in [0.29, 0.717) is 0 Å². The van der Waals surface area contributed by atoms with E-state index in [1.807, 2.05) is 11.3 Å². The molecule has 0 N–H and O–H groups in total. The van der Waals surface area contributed by atoms with Gasteiger partial charge >= 0.3 is 0 Å². The van der Waals surface area contributed by atoms with Crippen LogP contribution >= 0.6 is 11.3 Å². The molecular weight excluding hydrogens is 490 g/mol. The molecule has 7 aromatic carbocycles. The number of benzene rings is 7. The molecule has 180 valence electrons. The van der Waals surface area contributed by atoms with Gasteiger partial charge in [-0.25, -0.2) is 4.98 Å². The van der Waals surface area contributed by atoms with E-state index in [1.165, 1.54) is 69.0 Å². The van der Waals surface area contributed by atoms with Crippen LogP contribution in [0.5, 0.6) is 0 Å². The zero-order valence-corrected chi connectivity index (χ0v) is 21.8. The Labute approximate surface area is 228 Å². The Kier molecular flexibility index (Phi) is 4.27. The number of thiophene rings is 1. The quantitative estimate of drug-likeness (QED) is 0.210. The zero-order chi connectivity index (χ0) is 25.5. The van der Waals surface area contributed by atoms with Crippen molar-refractivity contribution in [3.63, 3.8) is 0 Å². The Balaban J connectivity index is 1.22. The first kappa shape index (κ1) is 21.2. The average molecular weight is 512 g/mol. The molecule has 0 radical (unpaired) electrons. The van der Waals surface area contributed by atoms with E-state index >= 15 is 0 Å². The third-order valence-corrected chi connectivity index (χ3v) is 9.37. The summed E-state index contributed by atoms with van der Waals surface area (Å²) in [5.74, 6) is 0. The number of rotatable bonds is 2. The summed E-state index contributed by atoms with van der Waals surface area (Å²) in [5, 5.41) is 11.6. The molecule has 1 nitrogen and oxygen atoms in total. The van der Waals surface area contributed by atoms with Crippen molar-refractivity contribution >= 4 is 74.7 Å². The fraction of sp³-hybridized carbons (Fsp3) is 0.